The van der Waals surface area contributed by atoms with E-state index in [0.29, 0.717) is 18.4 Å². The summed E-state index contributed by atoms with van der Waals surface area (Å²) < 4.78 is 6.59. The molecule has 3 atom stereocenters. The van der Waals surface area contributed by atoms with E-state index >= 15 is 0 Å². The minimum atomic E-state index is 0.136. The largest absolute Gasteiger partial charge is 0.489 e. The summed E-state index contributed by atoms with van der Waals surface area (Å²) in [5.74, 6) is 2.05. The van der Waals surface area contributed by atoms with Gasteiger partial charge in [0.05, 0.1) is 0 Å². The van der Waals surface area contributed by atoms with Crippen molar-refractivity contribution in [3.63, 3.8) is 0 Å². The van der Waals surface area contributed by atoms with Crippen LogP contribution in [0, 0.1) is 5.92 Å². The third-order valence-corrected chi connectivity index (χ3v) is 7.83. The second-order valence-corrected chi connectivity index (χ2v) is 11.0. The molecule has 1 fully saturated rings. The van der Waals surface area contributed by atoms with Crippen LogP contribution in [-0.2, 0) is 12.0 Å². The van der Waals surface area contributed by atoms with Crippen LogP contribution in [0.25, 0.3) is 0 Å². The molecule has 1 aliphatic carbocycles. The summed E-state index contributed by atoms with van der Waals surface area (Å²) in [6.45, 7) is 11.7. The van der Waals surface area contributed by atoms with E-state index in [1.807, 2.05) is 0 Å². The summed E-state index contributed by atoms with van der Waals surface area (Å²) in [4.78, 5) is 0. The Morgan fingerprint density at radius 1 is 1.06 bits per heavy atom. The number of ether oxygens (including phenoxy) is 1. The van der Waals surface area contributed by atoms with E-state index in [4.69, 9.17) is 10.5 Å². The quantitative estimate of drug-likeness (QED) is 0.195. The molecule has 0 spiro atoms. The van der Waals surface area contributed by atoms with Crippen molar-refractivity contribution in [3.05, 3.63) is 77.9 Å². The fraction of sp³-hybridized carbons (Fsp3) is 0.562. The molecule has 2 aromatic carbocycles. The maximum atomic E-state index is 6.59. The third kappa shape index (κ3) is 7.47. The van der Waals surface area contributed by atoms with Gasteiger partial charge in [0.15, 0.2) is 0 Å². The van der Waals surface area contributed by atoms with Gasteiger partial charge in [0.2, 0.25) is 0 Å². The molecule has 3 rings (SSSR count). The molecule has 1 saturated carbocycles. The SMILES string of the molecule is C=CC[C@@H]1CCC[C@@H](N)C[C@H]1c1ccc(C(C)(C)CCCCCC)cc1OCc1ccccc1. The Morgan fingerprint density at radius 3 is 2.59 bits per heavy atom. The maximum absolute atomic E-state index is 6.59. The van der Waals surface area contributed by atoms with Crippen LogP contribution in [0.2, 0.25) is 0 Å². The molecule has 0 amide bonds. The van der Waals surface area contributed by atoms with Gasteiger partial charge in [-0.3, -0.25) is 0 Å². The van der Waals surface area contributed by atoms with Gasteiger partial charge < -0.3 is 10.5 Å². The van der Waals surface area contributed by atoms with E-state index in [0.717, 1.165) is 25.0 Å². The predicted octanol–water partition coefficient (Wildman–Crippen LogP) is 8.69. The van der Waals surface area contributed by atoms with E-state index in [9.17, 15) is 0 Å². The number of allylic oxidation sites excluding steroid dienone is 1. The lowest BCUT2D eigenvalue weighted by Crippen LogP contribution is -2.24. The van der Waals surface area contributed by atoms with Crippen LogP contribution >= 0.6 is 0 Å². The highest BCUT2D eigenvalue weighted by molar-refractivity contribution is 5.43. The lowest BCUT2D eigenvalue weighted by Gasteiger charge is -2.30. The minimum Gasteiger partial charge on any atom is -0.489 e. The molecule has 2 N–H and O–H groups in total. The minimum absolute atomic E-state index is 0.136. The fourth-order valence-corrected chi connectivity index (χ4v) is 5.62. The van der Waals surface area contributed by atoms with Gasteiger partial charge in [-0.2, -0.15) is 0 Å². The molecule has 2 nitrogen and oxygen atoms in total. The van der Waals surface area contributed by atoms with Crippen molar-refractivity contribution in [2.24, 2.45) is 11.7 Å². The molecule has 2 heteroatoms. The summed E-state index contributed by atoms with van der Waals surface area (Å²) in [6, 6.07) is 17.8. The summed E-state index contributed by atoms with van der Waals surface area (Å²) in [5.41, 5.74) is 10.6. The summed E-state index contributed by atoms with van der Waals surface area (Å²) >= 11 is 0. The highest BCUT2D eigenvalue weighted by Crippen LogP contribution is 2.44. The third-order valence-electron chi connectivity index (χ3n) is 7.83. The van der Waals surface area contributed by atoms with Crippen molar-refractivity contribution >= 4 is 0 Å². The second kappa shape index (κ2) is 13.1. The van der Waals surface area contributed by atoms with Gasteiger partial charge >= 0.3 is 0 Å². The first-order valence-electron chi connectivity index (χ1n) is 13.6. The first kappa shape index (κ1) is 26.5. The Labute approximate surface area is 209 Å². The molecule has 0 heterocycles. The molecular formula is C32H47NO. The Morgan fingerprint density at radius 2 is 1.85 bits per heavy atom. The zero-order valence-corrected chi connectivity index (χ0v) is 21.9. The Balaban J connectivity index is 1.92. The Hall–Kier alpha value is -2.06. The predicted molar refractivity (Wildman–Crippen MR) is 146 cm³/mol. The Bertz CT molecular complexity index is 872. The zero-order chi connectivity index (χ0) is 24.4. The van der Waals surface area contributed by atoms with Crippen LogP contribution in [0.4, 0.5) is 0 Å². The van der Waals surface area contributed by atoms with Gasteiger partial charge in [-0.05, 0) is 72.1 Å². The van der Waals surface area contributed by atoms with E-state index in [1.165, 1.54) is 61.6 Å². The van der Waals surface area contributed by atoms with Gasteiger partial charge in [-0.15, -0.1) is 6.58 Å². The van der Waals surface area contributed by atoms with Crippen LogP contribution in [-0.4, -0.2) is 6.04 Å². The average molecular weight is 462 g/mol. The molecule has 0 saturated heterocycles. The van der Waals surface area contributed by atoms with Crippen molar-refractivity contribution in [3.8, 4) is 5.75 Å². The molecule has 0 aliphatic heterocycles. The number of rotatable bonds is 12. The number of benzene rings is 2. The van der Waals surface area contributed by atoms with Gasteiger partial charge in [0, 0.05) is 6.04 Å². The van der Waals surface area contributed by atoms with Gasteiger partial charge in [0.25, 0.3) is 0 Å². The highest BCUT2D eigenvalue weighted by Gasteiger charge is 2.31. The van der Waals surface area contributed by atoms with Crippen LogP contribution in [0.5, 0.6) is 5.75 Å². The molecular weight excluding hydrogens is 414 g/mol. The maximum Gasteiger partial charge on any atom is 0.123 e. The number of hydrogen-bond donors (Lipinski definition) is 1. The van der Waals surface area contributed by atoms with Crippen molar-refractivity contribution in [1.82, 2.24) is 0 Å². The molecule has 0 aromatic heterocycles. The standard InChI is InChI=1S/C32H47NO/c1-5-7-8-12-21-32(3,4)27-19-20-29(30-23-28(33)18-13-17-26(30)14-6-2)31(22-27)34-24-25-15-10-9-11-16-25/h6,9-11,15-16,19-20,22,26,28,30H,2,5,7-8,12-14,17-18,21,23-24,33H2,1,3-4H3/t26-,28-,30-/m1/s1. The lowest BCUT2D eigenvalue weighted by molar-refractivity contribution is 0.291. The monoisotopic (exact) mass is 461 g/mol. The second-order valence-electron chi connectivity index (χ2n) is 11.0. The van der Waals surface area contributed by atoms with Crippen molar-refractivity contribution in [2.75, 3.05) is 0 Å². The van der Waals surface area contributed by atoms with E-state index in [1.54, 1.807) is 0 Å². The highest BCUT2D eigenvalue weighted by atomic mass is 16.5. The number of hydrogen-bond acceptors (Lipinski definition) is 2. The van der Waals surface area contributed by atoms with Gasteiger partial charge in [-0.25, -0.2) is 0 Å². The van der Waals surface area contributed by atoms with E-state index in [-0.39, 0.29) is 11.5 Å². The number of nitrogens with two attached hydrogens (primary N) is 1. The van der Waals surface area contributed by atoms with Gasteiger partial charge in [0.1, 0.15) is 12.4 Å². The van der Waals surface area contributed by atoms with E-state index < -0.39 is 0 Å². The molecule has 1 aliphatic rings. The van der Waals surface area contributed by atoms with Crippen LogP contribution in [0.3, 0.4) is 0 Å². The van der Waals surface area contributed by atoms with Gasteiger partial charge in [-0.1, -0.05) is 101 Å². The average Bonchev–Trinajstić information content (AvgIpc) is 3.02. The number of unbranched alkanes of at least 4 members (excludes halogenated alkanes) is 3. The lowest BCUT2D eigenvalue weighted by atomic mass is 9.76. The van der Waals surface area contributed by atoms with E-state index in [2.05, 4.69) is 82.0 Å². The van der Waals surface area contributed by atoms with Crippen LogP contribution < -0.4 is 10.5 Å². The van der Waals surface area contributed by atoms with Crippen molar-refractivity contribution in [1.29, 1.82) is 0 Å². The first-order valence-corrected chi connectivity index (χ1v) is 13.6. The smallest absolute Gasteiger partial charge is 0.123 e. The topological polar surface area (TPSA) is 35.2 Å². The molecule has 34 heavy (non-hydrogen) atoms. The first-order chi connectivity index (χ1) is 16.4. The summed E-state index contributed by atoms with van der Waals surface area (Å²) in [5, 5.41) is 0. The molecule has 0 unspecified atom stereocenters. The van der Waals surface area contributed by atoms with Crippen molar-refractivity contribution < 1.29 is 4.74 Å². The molecule has 0 bridgehead atoms. The Kier molecular flexibility index (Phi) is 10.3. The van der Waals surface area contributed by atoms with Crippen molar-refractivity contribution in [2.45, 2.75) is 109 Å². The zero-order valence-electron chi connectivity index (χ0n) is 21.9. The van der Waals surface area contributed by atoms with Crippen LogP contribution in [0.1, 0.15) is 108 Å². The normalized spacial score (nSPS) is 21.1. The summed E-state index contributed by atoms with van der Waals surface area (Å²) in [6.07, 6.45) is 14.1. The molecule has 0 radical (unpaired) electrons. The molecule has 186 valence electrons. The van der Waals surface area contributed by atoms with Crippen LogP contribution in [0.15, 0.2) is 61.2 Å². The molecule has 2 aromatic rings. The summed E-state index contributed by atoms with van der Waals surface area (Å²) in [7, 11) is 0. The fourth-order valence-electron chi connectivity index (χ4n) is 5.62.